The lowest BCUT2D eigenvalue weighted by molar-refractivity contribution is 0.193. The van der Waals surface area contributed by atoms with Crippen molar-refractivity contribution in [2.24, 2.45) is 5.41 Å². The molecule has 0 bridgehead atoms. The third-order valence-electron chi connectivity index (χ3n) is 5.87. The lowest BCUT2D eigenvalue weighted by atomic mass is 9.78. The Morgan fingerprint density at radius 2 is 1.85 bits per heavy atom. The summed E-state index contributed by atoms with van der Waals surface area (Å²) in [6.45, 7) is 5.74. The molecule has 0 unspecified atom stereocenters. The first-order chi connectivity index (χ1) is 12.3. The predicted molar refractivity (Wildman–Crippen MR) is 108 cm³/mol. The Labute approximate surface area is 162 Å². The molecule has 26 heavy (non-hydrogen) atoms. The molecule has 3 heterocycles. The standard InChI is InChI=1S/C21H27N3O.ClH/c1-25-20-3-2-18(17-4-9-22-10-5-17)14-19(20)15-24-13-8-21(16-24)6-11-23-12-7-21;/h2-5,9-10,14,23H,6-8,11-13,15-16H2,1H3;1H. The van der Waals surface area contributed by atoms with Crippen molar-refractivity contribution >= 4 is 12.4 Å². The van der Waals surface area contributed by atoms with E-state index in [1.54, 1.807) is 7.11 Å². The van der Waals surface area contributed by atoms with Crippen LogP contribution in [0, 0.1) is 5.41 Å². The van der Waals surface area contributed by atoms with Crippen LogP contribution in [0.15, 0.2) is 42.7 Å². The van der Waals surface area contributed by atoms with Gasteiger partial charge in [0, 0.05) is 31.0 Å². The maximum Gasteiger partial charge on any atom is 0.123 e. The molecule has 4 nitrogen and oxygen atoms in total. The SMILES string of the molecule is COc1ccc(-c2ccncc2)cc1CN1CCC2(CCNCC2)C1.Cl. The van der Waals surface area contributed by atoms with Crippen molar-refractivity contribution in [1.82, 2.24) is 15.2 Å². The number of piperidine rings is 1. The molecule has 0 amide bonds. The Bertz CT molecular complexity index is 716. The van der Waals surface area contributed by atoms with E-state index in [9.17, 15) is 0 Å². The van der Waals surface area contributed by atoms with E-state index in [1.165, 1.54) is 62.1 Å². The van der Waals surface area contributed by atoms with Crippen molar-refractivity contribution in [3.63, 3.8) is 0 Å². The van der Waals surface area contributed by atoms with E-state index < -0.39 is 0 Å². The van der Waals surface area contributed by atoms with Crippen LogP contribution >= 0.6 is 12.4 Å². The smallest absolute Gasteiger partial charge is 0.123 e. The van der Waals surface area contributed by atoms with Crippen molar-refractivity contribution in [3.05, 3.63) is 48.3 Å². The predicted octanol–water partition coefficient (Wildman–Crippen LogP) is 3.75. The van der Waals surface area contributed by atoms with Crippen LogP contribution in [-0.4, -0.2) is 43.2 Å². The number of hydrogen-bond acceptors (Lipinski definition) is 4. The van der Waals surface area contributed by atoms with Gasteiger partial charge < -0.3 is 10.1 Å². The summed E-state index contributed by atoms with van der Waals surface area (Å²) in [5.74, 6) is 0.990. The first-order valence-electron chi connectivity index (χ1n) is 9.28. The average molecular weight is 374 g/mol. The molecule has 2 aliphatic rings. The summed E-state index contributed by atoms with van der Waals surface area (Å²) in [7, 11) is 1.77. The van der Waals surface area contributed by atoms with E-state index in [0.29, 0.717) is 5.41 Å². The molecule has 1 spiro atoms. The number of nitrogens with one attached hydrogen (secondary N) is 1. The zero-order chi connectivity index (χ0) is 17.1. The number of nitrogens with zero attached hydrogens (tertiary/aromatic N) is 2. The fourth-order valence-corrected chi connectivity index (χ4v) is 4.39. The Kier molecular flexibility index (Phi) is 6.17. The summed E-state index contributed by atoms with van der Waals surface area (Å²) in [6.07, 6.45) is 7.66. The topological polar surface area (TPSA) is 37.4 Å². The third kappa shape index (κ3) is 4.03. The van der Waals surface area contributed by atoms with Crippen molar-refractivity contribution in [3.8, 4) is 16.9 Å². The van der Waals surface area contributed by atoms with E-state index in [-0.39, 0.29) is 12.4 Å². The molecule has 5 heteroatoms. The second-order valence-corrected chi connectivity index (χ2v) is 7.47. The Hall–Kier alpha value is -1.62. The molecular formula is C21H28ClN3O. The van der Waals surface area contributed by atoms with Gasteiger partial charge in [-0.15, -0.1) is 12.4 Å². The third-order valence-corrected chi connectivity index (χ3v) is 5.87. The number of methoxy groups -OCH3 is 1. The molecule has 0 radical (unpaired) electrons. The van der Waals surface area contributed by atoms with Crippen molar-refractivity contribution < 1.29 is 4.74 Å². The Morgan fingerprint density at radius 1 is 1.08 bits per heavy atom. The van der Waals surface area contributed by atoms with Crippen LogP contribution in [0.5, 0.6) is 5.75 Å². The van der Waals surface area contributed by atoms with E-state index in [2.05, 4.69) is 45.5 Å². The summed E-state index contributed by atoms with van der Waals surface area (Å²) in [5.41, 5.74) is 4.26. The van der Waals surface area contributed by atoms with Crippen LogP contribution in [0.2, 0.25) is 0 Å². The van der Waals surface area contributed by atoms with Crippen molar-refractivity contribution in [2.45, 2.75) is 25.8 Å². The summed E-state index contributed by atoms with van der Waals surface area (Å²) in [4.78, 5) is 6.73. The highest BCUT2D eigenvalue weighted by Crippen LogP contribution is 2.39. The van der Waals surface area contributed by atoms with Crippen molar-refractivity contribution in [1.29, 1.82) is 0 Å². The minimum absolute atomic E-state index is 0. The number of hydrogen-bond donors (Lipinski definition) is 1. The number of aromatic nitrogens is 1. The monoisotopic (exact) mass is 373 g/mol. The highest BCUT2D eigenvalue weighted by molar-refractivity contribution is 5.85. The Balaban J connectivity index is 0.00000196. The van der Waals surface area contributed by atoms with Gasteiger partial charge in [0.25, 0.3) is 0 Å². The van der Waals surface area contributed by atoms with Gasteiger partial charge in [-0.2, -0.15) is 0 Å². The molecule has 2 saturated heterocycles. The first kappa shape index (κ1) is 19.2. The minimum atomic E-state index is 0. The van der Waals surface area contributed by atoms with Crippen LogP contribution in [-0.2, 0) is 6.54 Å². The van der Waals surface area contributed by atoms with E-state index in [1.807, 2.05) is 12.4 Å². The van der Waals surface area contributed by atoms with Gasteiger partial charge in [-0.3, -0.25) is 9.88 Å². The van der Waals surface area contributed by atoms with Gasteiger partial charge in [-0.25, -0.2) is 0 Å². The van der Waals surface area contributed by atoms with E-state index >= 15 is 0 Å². The highest BCUT2D eigenvalue weighted by atomic mass is 35.5. The van der Waals surface area contributed by atoms with Gasteiger partial charge in [-0.1, -0.05) is 6.07 Å². The fraction of sp³-hybridized carbons (Fsp3) is 0.476. The molecule has 1 N–H and O–H groups in total. The second-order valence-electron chi connectivity index (χ2n) is 7.47. The molecule has 2 aliphatic heterocycles. The van der Waals surface area contributed by atoms with Gasteiger partial charge >= 0.3 is 0 Å². The molecule has 140 valence electrons. The summed E-state index contributed by atoms with van der Waals surface area (Å²) >= 11 is 0. The molecular weight excluding hydrogens is 346 g/mol. The maximum atomic E-state index is 5.63. The Morgan fingerprint density at radius 3 is 2.58 bits per heavy atom. The second kappa shape index (κ2) is 8.38. The zero-order valence-electron chi connectivity index (χ0n) is 15.4. The van der Waals surface area contributed by atoms with Crippen LogP contribution in [0.25, 0.3) is 11.1 Å². The van der Waals surface area contributed by atoms with E-state index in [0.717, 1.165) is 12.3 Å². The maximum absolute atomic E-state index is 5.63. The number of halogens is 1. The van der Waals surface area contributed by atoms with E-state index in [4.69, 9.17) is 4.74 Å². The van der Waals surface area contributed by atoms with Gasteiger partial charge in [0.15, 0.2) is 0 Å². The molecule has 1 aromatic heterocycles. The summed E-state index contributed by atoms with van der Waals surface area (Å²) < 4.78 is 5.63. The molecule has 4 rings (SSSR count). The van der Waals surface area contributed by atoms with Crippen LogP contribution in [0.4, 0.5) is 0 Å². The summed E-state index contributed by atoms with van der Waals surface area (Å²) in [5, 5.41) is 3.50. The highest BCUT2D eigenvalue weighted by Gasteiger charge is 2.38. The normalized spacial score (nSPS) is 19.3. The largest absolute Gasteiger partial charge is 0.496 e. The van der Waals surface area contributed by atoms with Gasteiger partial charge in [-0.05, 0) is 79.7 Å². The first-order valence-corrected chi connectivity index (χ1v) is 9.28. The number of likely N-dealkylation sites (tertiary alicyclic amines) is 1. The molecule has 2 aromatic rings. The molecule has 0 aliphatic carbocycles. The molecule has 0 saturated carbocycles. The minimum Gasteiger partial charge on any atom is -0.496 e. The lowest BCUT2D eigenvalue weighted by Gasteiger charge is -2.34. The quantitative estimate of drug-likeness (QED) is 0.885. The van der Waals surface area contributed by atoms with Crippen LogP contribution < -0.4 is 10.1 Å². The lowest BCUT2D eigenvalue weighted by Crippen LogP contribution is -2.38. The van der Waals surface area contributed by atoms with Gasteiger partial charge in [0.05, 0.1) is 7.11 Å². The van der Waals surface area contributed by atoms with Crippen molar-refractivity contribution in [2.75, 3.05) is 33.3 Å². The van der Waals surface area contributed by atoms with Crippen LogP contribution in [0.3, 0.4) is 0 Å². The molecule has 0 atom stereocenters. The number of benzene rings is 1. The average Bonchev–Trinajstić information content (AvgIpc) is 3.05. The van der Waals surface area contributed by atoms with Gasteiger partial charge in [0.2, 0.25) is 0 Å². The number of pyridine rings is 1. The summed E-state index contributed by atoms with van der Waals surface area (Å²) in [6, 6.07) is 10.6. The number of ether oxygens (including phenoxy) is 1. The zero-order valence-corrected chi connectivity index (χ0v) is 16.2. The molecule has 2 fully saturated rings. The molecule has 1 aromatic carbocycles. The fourth-order valence-electron chi connectivity index (χ4n) is 4.39. The van der Waals surface area contributed by atoms with Crippen LogP contribution in [0.1, 0.15) is 24.8 Å². The van der Waals surface area contributed by atoms with Gasteiger partial charge in [0.1, 0.15) is 5.75 Å². The number of rotatable bonds is 4.